The Hall–Kier alpha value is -2.89. The predicted octanol–water partition coefficient (Wildman–Crippen LogP) is 4.64. The van der Waals surface area contributed by atoms with Crippen molar-refractivity contribution in [3.63, 3.8) is 0 Å². The van der Waals surface area contributed by atoms with Crippen molar-refractivity contribution < 1.29 is 9.59 Å². The van der Waals surface area contributed by atoms with Gasteiger partial charge in [0.2, 0.25) is 11.8 Å². The molecule has 35 heavy (non-hydrogen) atoms. The molecule has 2 aliphatic carbocycles. The minimum Gasteiger partial charge on any atom is -0.384 e. The van der Waals surface area contributed by atoms with Gasteiger partial charge in [-0.3, -0.25) is 9.59 Å². The largest absolute Gasteiger partial charge is 0.384 e. The molecule has 0 saturated heterocycles. The summed E-state index contributed by atoms with van der Waals surface area (Å²) >= 11 is 0. The van der Waals surface area contributed by atoms with Gasteiger partial charge in [0.25, 0.3) is 0 Å². The Labute approximate surface area is 209 Å². The molecule has 2 fully saturated rings. The number of rotatable bonds is 10. The van der Waals surface area contributed by atoms with Crippen molar-refractivity contribution in [3.8, 4) is 0 Å². The van der Waals surface area contributed by atoms with E-state index < -0.39 is 0 Å². The molecular weight excluding hydrogens is 436 g/mol. The molecule has 2 aliphatic rings. The van der Waals surface area contributed by atoms with Crippen LogP contribution in [0.4, 0.5) is 5.82 Å². The second-order valence-corrected chi connectivity index (χ2v) is 10.4. The highest BCUT2D eigenvalue weighted by Crippen LogP contribution is 2.46. The number of nitrogens with zero attached hydrogens (tertiary/aromatic N) is 1. The molecule has 6 nitrogen and oxygen atoms in total. The number of aromatic nitrogens is 1. The molecule has 1 heterocycles. The molecule has 2 aromatic rings. The lowest BCUT2D eigenvalue weighted by atomic mass is 9.62. The van der Waals surface area contributed by atoms with Crippen LogP contribution in [0.15, 0.2) is 48.7 Å². The normalized spacial score (nSPS) is 22.6. The third-order valence-electron chi connectivity index (χ3n) is 8.03. The van der Waals surface area contributed by atoms with Gasteiger partial charge in [-0.15, -0.1) is 0 Å². The SMILES string of the molecule is Nc1ccc(CNC(=O)[C@@H](CNC(=O)CCCc2ccccc2)C2CCCC3CCCCC32)cn1. The van der Waals surface area contributed by atoms with Gasteiger partial charge < -0.3 is 16.4 Å². The first-order valence-electron chi connectivity index (χ1n) is 13.4. The Balaban J connectivity index is 1.35. The summed E-state index contributed by atoms with van der Waals surface area (Å²) in [6.07, 6.45) is 12.5. The second-order valence-electron chi connectivity index (χ2n) is 10.4. The Kier molecular flexibility index (Phi) is 9.15. The van der Waals surface area contributed by atoms with E-state index in [2.05, 4.69) is 27.8 Å². The van der Waals surface area contributed by atoms with Gasteiger partial charge in [0.05, 0.1) is 5.92 Å². The smallest absolute Gasteiger partial charge is 0.225 e. The number of fused-ring (bicyclic) bond motifs is 1. The number of nitrogens with one attached hydrogen (secondary N) is 2. The van der Waals surface area contributed by atoms with E-state index in [4.69, 9.17) is 5.73 Å². The molecule has 0 radical (unpaired) electrons. The molecular formula is C29H40N4O2. The average Bonchev–Trinajstić information content (AvgIpc) is 2.89. The van der Waals surface area contributed by atoms with Gasteiger partial charge in [-0.1, -0.05) is 68.5 Å². The van der Waals surface area contributed by atoms with Crippen LogP contribution in [0.25, 0.3) is 0 Å². The molecule has 0 bridgehead atoms. The quantitative estimate of drug-likeness (QED) is 0.465. The first-order chi connectivity index (χ1) is 17.1. The van der Waals surface area contributed by atoms with E-state index in [0.717, 1.165) is 30.7 Å². The van der Waals surface area contributed by atoms with Gasteiger partial charge in [-0.25, -0.2) is 4.98 Å². The molecule has 4 N–H and O–H groups in total. The Morgan fingerprint density at radius 1 is 0.943 bits per heavy atom. The highest BCUT2D eigenvalue weighted by atomic mass is 16.2. The number of carbonyl (C=O) groups excluding carboxylic acids is 2. The van der Waals surface area contributed by atoms with Gasteiger partial charge in [-0.2, -0.15) is 0 Å². The lowest BCUT2D eigenvalue weighted by molar-refractivity contribution is -0.129. The molecule has 3 unspecified atom stereocenters. The second kappa shape index (κ2) is 12.7. The van der Waals surface area contributed by atoms with Crippen LogP contribution in [-0.2, 0) is 22.6 Å². The van der Waals surface area contributed by atoms with E-state index in [1.165, 1.54) is 44.1 Å². The van der Waals surface area contributed by atoms with Crippen molar-refractivity contribution >= 4 is 17.6 Å². The number of carbonyl (C=O) groups is 2. The van der Waals surface area contributed by atoms with Gasteiger partial charge in [0, 0.05) is 25.7 Å². The number of hydrogen-bond donors (Lipinski definition) is 3. The van der Waals surface area contributed by atoms with E-state index in [0.29, 0.717) is 37.2 Å². The van der Waals surface area contributed by atoms with E-state index >= 15 is 0 Å². The molecule has 6 heteroatoms. The number of benzene rings is 1. The summed E-state index contributed by atoms with van der Waals surface area (Å²) in [6, 6.07) is 13.9. The number of hydrogen-bond acceptors (Lipinski definition) is 4. The predicted molar refractivity (Wildman–Crippen MR) is 139 cm³/mol. The number of pyridine rings is 1. The minimum absolute atomic E-state index is 0.0393. The van der Waals surface area contributed by atoms with Crippen molar-refractivity contribution in [1.29, 1.82) is 0 Å². The van der Waals surface area contributed by atoms with Crippen molar-refractivity contribution in [2.24, 2.45) is 23.7 Å². The third-order valence-corrected chi connectivity index (χ3v) is 8.03. The van der Waals surface area contributed by atoms with Crippen LogP contribution in [0.5, 0.6) is 0 Å². The van der Waals surface area contributed by atoms with Crippen LogP contribution in [0.3, 0.4) is 0 Å². The monoisotopic (exact) mass is 476 g/mol. The lowest BCUT2D eigenvalue weighted by Gasteiger charge is -2.44. The lowest BCUT2D eigenvalue weighted by Crippen LogP contribution is -2.47. The fraction of sp³-hybridized carbons (Fsp3) is 0.552. The third kappa shape index (κ3) is 7.30. The highest BCUT2D eigenvalue weighted by molar-refractivity contribution is 5.81. The summed E-state index contributed by atoms with van der Waals surface area (Å²) in [5.41, 5.74) is 7.86. The summed E-state index contributed by atoms with van der Waals surface area (Å²) in [4.78, 5) is 30.3. The van der Waals surface area contributed by atoms with E-state index in [1.54, 1.807) is 12.3 Å². The Morgan fingerprint density at radius 2 is 1.74 bits per heavy atom. The summed E-state index contributed by atoms with van der Waals surface area (Å²) in [6.45, 7) is 0.846. The number of nitrogen functional groups attached to an aromatic ring is 1. The van der Waals surface area contributed by atoms with Gasteiger partial charge >= 0.3 is 0 Å². The fourth-order valence-electron chi connectivity index (χ4n) is 6.20. The summed E-state index contributed by atoms with van der Waals surface area (Å²) in [5, 5.41) is 6.25. The Bertz CT molecular complexity index is 945. The zero-order chi connectivity index (χ0) is 24.5. The van der Waals surface area contributed by atoms with Crippen molar-refractivity contribution in [1.82, 2.24) is 15.6 Å². The molecule has 2 amide bonds. The van der Waals surface area contributed by atoms with Crippen LogP contribution in [-0.4, -0.2) is 23.3 Å². The summed E-state index contributed by atoms with van der Waals surface area (Å²) in [5.74, 6) is 2.03. The van der Waals surface area contributed by atoms with E-state index in [-0.39, 0.29) is 17.7 Å². The molecule has 4 atom stereocenters. The molecule has 1 aromatic carbocycles. The van der Waals surface area contributed by atoms with Gasteiger partial charge in [0.15, 0.2) is 0 Å². The van der Waals surface area contributed by atoms with Gasteiger partial charge in [-0.05, 0) is 60.6 Å². The molecule has 188 valence electrons. The van der Waals surface area contributed by atoms with Gasteiger partial charge in [0.1, 0.15) is 5.82 Å². The number of aryl methyl sites for hydroxylation is 1. The van der Waals surface area contributed by atoms with E-state index in [9.17, 15) is 9.59 Å². The molecule has 2 saturated carbocycles. The van der Waals surface area contributed by atoms with E-state index in [1.807, 2.05) is 24.3 Å². The zero-order valence-corrected chi connectivity index (χ0v) is 20.8. The molecule has 0 spiro atoms. The topological polar surface area (TPSA) is 97.1 Å². The number of anilines is 1. The zero-order valence-electron chi connectivity index (χ0n) is 20.8. The van der Waals surface area contributed by atoms with Crippen molar-refractivity contribution in [2.45, 2.75) is 70.8 Å². The molecule has 4 rings (SSSR count). The first kappa shape index (κ1) is 25.2. The van der Waals surface area contributed by atoms with Crippen molar-refractivity contribution in [3.05, 3.63) is 59.8 Å². The average molecular weight is 477 g/mol. The summed E-state index contributed by atoms with van der Waals surface area (Å²) in [7, 11) is 0. The summed E-state index contributed by atoms with van der Waals surface area (Å²) < 4.78 is 0. The maximum Gasteiger partial charge on any atom is 0.225 e. The molecule has 0 aliphatic heterocycles. The first-order valence-corrected chi connectivity index (χ1v) is 13.4. The number of amides is 2. The maximum atomic E-state index is 13.5. The van der Waals surface area contributed by atoms with Crippen LogP contribution >= 0.6 is 0 Å². The van der Waals surface area contributed by atoms with Crippen LogP contribution in [0, 0.1) is 23.7 Å². The maximum absolute atomic E-state index is 13.5. The number of nitrogens with two attached hydrogens (primary N) is 1. The molecule has 1 aromatic heterocycles. The Morgan fingerprint density at radius 3 is 2.54 bits per heavy atom. The van der Waals surface area contributed by atoms with Crippen molar-refractivity contribution in [2.75, 3.05) is 12.3 Å². The highest BCUT2D eigenvalue weighted by Gasteiger charge is 2.41. The standard InChI is InChI=1S/C29H40N4O2/c30-27-17-16-22(18-31-27)19-33-29(35)26(25-14-7-12-23-11-4-5-13-24(23)25)20-32-28(34)15-6-10-21-8-2-1-3-9-21/h1-3,8-9,16-18,23-26H,4-7,10-15,19-20H2,(H2,30,31)(H,32,34)(H,33,35)/t23?,24?,25?,26-/m0/s1. The van der Waals surface area contributed by atoms with Crippen LogP contribution in [0.2, 0.25) is 0 Å². The van der Waals surface area contributed by atoms with Crippen LogP contribution < -0.4 is 16.4 Å². The fourth-order valence-corrected chi connectivity index (χ4v) is 6.20. The van der Waals surface area contributed by atoms with Crippen LogP contribution in [0.1, 0.15) is 68.9 Å². The minimum atomic E-state index is -0.194.